The van der Waals surface area contributed by atoms with Gasteiger partial charge in [0.2, 0.25) is 11.9 Å². The van der Waals surface area contributed by atoms with Gasteiger partial charge in [-0.2, -0.15) is 0 Å². The third-order valence-electron chi connectivity index (χ3n) is 6.25. The van der Waals surface area contributed by atoms with Gasteiger partial charge < -0.3 is 14.8 Å². The van der Waals surface area contributed by atoms with Gasteiger partial charge >= 0.3 is 0 Å². The van der Waals surface area contributed by atoms with Crippen molar-refractivity contribution in [2.45, 2.75) is 39.2 Å². The molecule has 0 bridgehead atoms. The predicted molar refractivity (Wildman–Crippen MR) is 127 cm³/mol. The Hall–Kier alpha value is -3.13. The number of imidazole rings is 2. The number of thiazole rings is 1. The van der Waals surface area contributed by atoms with Gasteiger partial charge in [0.25, 0.3) is 0 Å². The molecule has 2 unspecified atom stereocenters. The Morgan fingerprint density at radius 1 is 1.28 bits per heavy atom. The van der Waals surface area contributed by atoms with E-state index >= 15 is 0 Å². The second-order valence-electron chi connectivity index (χ2n) is 8.54. The molecule has 3 aromatic heterocycles. The van der Waals surface area contributed by atoms with E-state index in [2.05, 4.69) is 30.8 Å². The highest BCUT2D eigenvalue weighted by Crippen LogP contribution is 2.34. The van der Waals surface area contributed by atoms with Crippen LogP contribution in [0.3, 0.4) is 0 Å². The first kappa shape index (κ1) is 20.8. The number of likely N-dealkylation sites (tertiary alicyclic amines) is 1. The summed E-state index contributed by atoms with van der Waals surface area (Å²) in [5, 5.41) is 5.54. The third kappa shape index (κ3) is 4.02. The van der Waals surface area contributed by atoms with Crippen LogP contribution in [0.5, 0.6) is 0 Å². The Labute approximate surface area is 191 Å². The molecule has 4 aromatic rings. The van der Waals surface area contributed by atoms with E-state index in [4.69, 9.17) is 4.98 Å². The van der Waals surface area contributed by atoms with Gasteiger partial charge in [0.1, 0.15) is 10.7 Å². The van der Waals surface area contributed by atoms with Crippen molar-refractivity contribution in [2.75, 3.05) is 18.4 Å². The SMILES string of the molecule is Cc1nccn1CC(C)C(=O)N1CCCC(c2nc(Nc3ccccc3)n3ccsc23)C1. The smallest absolute Gasteiger partial charge is 0.227 e. The first-order valence-electron chi connectivity index (χ1n) is 11.1. The first-order valence-corrected chi connectivity index (χ1v) is 12.0. The normalized spacial score (nSPS) is 17.6. The van der Waals surface area contributed by atoms with E-state index in [-0.39, 0.29) is 17.7 Å². The van der Waals surface area contributed by atoms with Gasteiger partial charge in [-0.3, -0.25) is 9.20 Å². The summed E-state index contributed by atoms with van der Waals surface area (Å²) < 4.78 is 4.17. The fourth-order valence-electron chi connectivity index (χ4n) is 4.53. The summed E-state index contributed by atoms with van der Waals surface area (Å²) in [5.74, 6) is 2.15. The fourth-order valence-corrected chi connectivity index (χ4v) is 5.44. The first-order chi connectivity index (χ1) is 15.6. The largest absolute Gasteiger partial charge is 0.342 e. The number of hydrogen-bond acceptors (Lipinski definition) is 5. The molecule has 0 spiro atoms. The molecule has 1 aromatic carbocycles. The molecule has 0 aliphatic carbocycles. The van der Waals surface area contributed by atoms with Gasteiger partial charge in [-0.15, -0.1) is 11.3 Å². The van der Waals surface area contributed by atoms with Gasteiger partial charge in [0, 0.05) is 55.2 Å². The number of para-hydroxylation sites is 1. The molecule has 2 atom stereocenters. The van der Waals surface area contributed by atoms with E-state index in [1.54, 1.807) is 17.5 Å². The van der Waals surface area contributed by atoms with Crippen LogP contribution in [0.15, 0.2) is 54.3 Å². The number of anilines is 2. The number of aromatic nitrogens is 4. The van der Waals surface area contributed by atoms with E-state index in [9.17, 15) is 4.79 Å². The maximum absolute atomic E-state index is 13.2. The highest BCUT2D eigenvalue weighted by Gasteiger charge is 2.31. The molecule has 8 heteroatoms. The molecule has 7 nitrogen and oxygen atoms in total. The maximum atomic E-state index is 13.2. The van der Waals surface area contributed by atoms with Crippen molar-refractivity contribution in [1.29, 1.82) is 0 Å². The Morgan fingerprint density at radius 2 is 2.12 bits per heavy atom. The molecule has 0 radical (unpaired) electrons. The summed E-state index contributed by atoms with van der Waals surface area (Å²) in [6.45, 7) is 6.19. The van der Waals surface area contributed by atoms with Crippen molar-refractivity contribution >= 4 is 33.7 Å². The summed E-state index contributed by atoms with van der Waals surface area (Å²) in [7, 11) is 0. The van der Waals surface area contributed by atoms with Crippen molar-refractivity contribution in [1.82, 2.24) is 23.8 Å². The van der Waals surface area contributed by atoms with Gasteiger partial charge in [0.15, 0.2) is 0 Å². The number of piperidine rings is 1. The average molecular weight is 449 g/mol. The maximum Gasteiger partial charge on any atom is 0.227 e. The summed E-state index contributed by atoms with van der Waals surface area (Å²) >= 11 is 1.71. The molecular weight excluding hydrogens is 420 g/mol. The molecule has 1 N–H and O–H groups in total. The zero-order valence-electron chi connectivity index (χ0n) is 18.4. The lowest BCUT2D eigenvalue weighted by Crippen LogP contribution is -2.42. The second-order valence-corrected chi connectivity index (χ2v) is 9.44. The predicted octanol–water partition coefficient (Wildman–Crippen LogP) is 4.69. The average Bonchev–Trinajstić information content (AvgIpc) is 3.53. The zero-order chi connectivity index (χ0) is 22.1. The number of aryl methyl sites for hydroxylation is 1. The molecule has 1 saturated heterocycles. The van der Waals surface area contributed by atoms with Gasteiger partial charge in [-0.25, -0.2) is 9.97 Å². The van der Waals surface area contributed by atoms with Crippen LogP contribution in [0.25, 0.3) is 4.83 Å². The minimum absolute atomic E-state index is 0.0827. The molecular formula is C24H28N6OS. The van der Waals surface area contributed by atoms with Gasteiger partial charge in [0.05, 0.1) is 11.6 Å². The Morgan fingerprint density at radius 3 is 2.91 bits per heavy atom. The van der Waals surface area contributed by atoms with Crippen LogP contribution in [0.1, 0.15) is 37.2 Å². The van der Waals surface area contributed by atoms with Gasteiger partial charge in [-0.05, 0) is 31.9 Å². The molecule has 32 heavy (non-hydrogen) atoms. The minimum atomic E-state index is -0.0827. The van der Waals surface area contributed by atoms with Gasteiger partial charge in [-0.1, -0.05) is 25.1 Å². The van der Waals surface area contributed by atoms with Crippen molar-refractivity contribution < 1.29 is 4.79 Å². The molecule has 1 aliphatic heterocycles. The lowest BCUT2D eigenvalue weighted by atomic mass is 9.94. The van der Waals surface area contributed by atoms with Crippen LogP contribution in [-0.4, -0.2) is 42.8 Å². The standard InChI is InChI=1S/C24H28N6OS/c1-17(15-28-12-10-25-18(28)2)22(31)29-11-6-7-19(16-29)21-23-30(13-14-32-23)24(27-21)26-20-8-4-3-5-9-20/h3-5,8-10,12-14,17,19H,6-7,11,15-16H2,1-2H3,(H,26,27). The lowest BCUT2D eigenvalue weighted by Gasteiger charge is -2.34. The molecule has 1 fully saturated rings. The van der Waals surface area contributed by atoms with E-state index < -0.39 is 0 Å². The number of carbonyl (C=O) groups is 1. The van der Waals surface area contributed by atoms with Crippen LogP contribution < -0.4 is 5.32 Å². The van der Waals surface area contributed by atoms with Crippen LogP contribution >= 0.6 is 11.3 Å². The van der Waals surface area contributed by atoms with Crippen LogP contribution in [-0.2, 0) is 11.3 Å². The summed E-state index contributed by atoms with van der Waals surface area (Å²) in [6.07, 6.45) is 7.84. The van der Waals surface area contributed by atoms with E-state index in [1.165, 1.54) is 0 Å². The van der Waals surface area contributed by atoms with Crippen LogP contribution in [0.4, 0.5) is 11.6 Å². The van der Waals surface area contributed by atoms with Crippen LogP contribution in [0.2, 0.25) is 0 Å². The minimum Gasteiger partial charge on any atom is -0.342 e. The van der Waals surface area contributed by atoms with Crippen molar-refractivity contribution in [3.05, 3.63) is 65.8 Å². The number of fused-ring (bicyclic) bond motifs is 1. The van der Waals surface area contributed by atoms with Crippen LogP contribution in [0, 0.1) is 12.8 Å². The number of rotatable bonds is 6. The molecule has 1 aliphatic rings. The zero-order valence-corrected chi connectivity index (χ0v) is 19.3. The number of amides is 1. The highest BCUT2D eigenvalue weighted by atomic mass is 32.1. The number of benzene rings is 1. The Balaban J connectivity index is 1.33. The molecule has 0 saturated carbocycles. The van der Waals surface area contributed by atoms with E-state index in [0.717, 1.165) is 53.9 Å². The lowest BCUT2D eigenvalue weighted by molar-refractivity contribution is -0.136. The molecule has 1 amide bonds. The quantitative estimate of drug-likeness (QED) is 0.465. The van der Waals surface area contributed by atoms with Crippen molar-refractivity contribution in [3.8, 4) is 0 Å². The summed E-state index contributed by atoms with van der Waals surface area (Å²) in [5.41, 5.74) is 2.11. The highest BCUT2D eigenvalue weighted by molar-refractivity contribution is 7.15. The topological polar surface area (TPSA) is 67.5 Å². The monoisotopic (exact) mass is 448 g/mol. The summed E-state index contributed by atoms with van der Waals surface area (Å²) in [4.78, 5) is 25.7. The number of hydrogen-bond donors (Lipinski definition) is 1. The third-order valence-corrected chi connectivity index (χ3v) is 7.13. The fraction of sp³-hybridized carbons (Fsp3) is 0.375. The van der Waals surface area contributed by atoms with Crippen molar-refractivity contribution in [2.24, 2.45) is 5.92 Å². The Kier molecular flexibility index (Phi) is 5.70. The number of nitrogens with zero attached hydrogens (tertiary/aromatic N) is 5. The number of carbonyl (C=O) groups excluding carboxylic acids is 1. The molecule has 4 heterocycles. The second kappa shape index (κ2) is 8.78. The Bertz CT molecular complexity index is 1210. The van der Waals surface area contributed by atoms with E-state index in [1.807, 2.05) is 55.3 Å². The summed E-state index contributed by atoms with van der Waals surface area (Å²) in [6, 6.07) is 10.1. The molecule has 166 valence electrons. The number of nitrogens with one attached hydrogen (secondary N) is 1. The molecule has 5 rings (SSSR count). The van der Waals surface area contributed by atoms with E-state index in [0.29, 0.717) is 6.54 Å². The van der Waals surface area contributed by atoms with Crippen molar-refractivity contribution in [3.63, 3.8) is 0 Å².